The maximum Gasteiger partial charge on any atom is 0.218 e. The van der Waals surface area contributed by atoms with Gasteiger partial charge in [-0.1, -0.05) is 0 Å². The van der Waals surface area contributed by atoms with E-state index in [4.69, 9.17) is 4.74 Å². The van der Waals surface area contributed by atoms with Crippen LogP contribution in [0.3, 0.4) is 0 Å². The Morgan fingerprint density at radius 1 is 1.50 bits per heavy atom. The first-order chi connectivity index (χ1) is 5.68. The van der Waals surface area contributed by atoms with Crippen molar-refractivity contribution >= 4 is 21.7 Å². The fourth-order valence-electron chi connectivity index (χ4n) is 1.08. The molecule has 2 rings (SSSR count). The first-order valence-electron chi connectivity index (χ1n) is 3.33. The van der Waals surface area contributed by atoms with Gasteiger partial charge in [0.15, 0.2) is 0 Å². The van der Waals surface area contributed by atoms with Crippen LogP contribution in [0.5, 0.6) is 5.75 Å². The maximum absolute atomic E-state index is 12.6. The molecular formula is C8H4BrFO2. The number of fused-ring (bicyclic) bond motifs is 1. The summed E-state index contributed by atoms with van der Waals surface area (Å²) in [5.74, 6) is -0.222. The third-order valence-electron chi connectivity index (χ3n) is 1.64. The molecule has 0 bridgehead atoms. The van der Waals surface area contributed by atoms with Crippen LogP contribution >= 0.6 is 15.9 Å². The highest BCUT2D eigenvalue weighted by molar-refractivity contribution is 9.09. The zero-order valence-electron chi connectivity index (χ0n) is 5.88. The van der Waals surface area contributed by atoms with Gasteiger partial charge < -0.3 is 4.74 Å². The molecule has 1 aliphatic heterocycles. The van der Waals surface area contributed by atoms with Crippen LogP contribution in [0, 0.1) is 5.82 Å². The van der Waals surface area contributed by atoms with Gasteiger partial charge in [0.1, 0.15) is 11.6 Å². The van der Waals surface area contributed by atoms with Gasteiger partial charge in [0.2, 0.25) is 10.8 Å². The molecule has 4 heteroatoms. The number of Topliss-reactive ketones (excluding diaryl/α,β-unsaturated/α-hetero) is 1. The molecule has 0 aliphatic carbocycles. The third-order valence-corrected chi connectivity index (χ3v) is 2.25. The summed E-state index contributed by atoms with van der Waals surface area (Å²) in [5.41, 5.74) is 0.303. The number of ketones is 1. The summed E-state index contributed by atoms with van der Waals surface area (Å²) < 4.78 is 17.7. The molecule has 0 saturated heterocycles. The molecule has 1 atom stereocenters. The highest BCUT2D eigenvalue weighted by Crippen LogP contribution is 2.31. The number of alkyl halides is 1. The smallest absolute Gasteiger partial charge is 0.218 e. The average Bonchev–Trinajstić information content (AvgIpc) is 2.31. The van der Waals surface area contributed by atoms with E-state index in [0.29, 0.717) is 11.3 Å². The molecule has 0 unspecified atom stereocenters. The Morgan fingerprint density at radius 3 is 3.00 bits per heavy atom. The minimum absolute atomic E-state index is 0.232. The van der Waals surface area contributed by atoms with Crippen LogP contribution < -0.4 is 4.74 Å². The van der Waals surface area contributed by atoms with Crippen LogP contribution in [0.15, 0.2) is 18.2 Å². The van der Waals surface area contributed by atoms with Gasteiger partial charge in [0.05, 0.1) is 5.56 Å². The lowest BCUT2D eigenvalue weighted by molar-refractivity contribution is 0.0942. The van der Waals surface area contributed by atoms with Crippen molar-refractivity contribution in [2.75, 3.05) is 0 Å². The Bertz CT molecular complexity index is 351. The van der Waals surface area contributed by atoms with Crippen LogP contribution in [0.1, 0.15) is 10.4 Å². The molecule has 1 aliphatic rings. The van der Waals surface area contributed by atoms with Crippen LogP contribution in [-0.4, -0.2) is 10.8 Å². The Balaban J connectivity index is 2.56. The number of ether oxygens (including phenoxy) is 1. The number of rotatable bonds is 0. The van der Waals surface area contributed by atoms with E-state index in [1.807, 2.05) is 0 Å². The summed E-state index contributed by atoms with van der Waals surface area (Å²) in [7, 11) is 0. The maximum atomic E-state index is 12.6. The van der Waals surface area contributed by atoms with Crippen LogP contribution in [0.4, 0.5) is 4.39 Å². The van der Waals surface area contributed by atoms with Gasteiger partial charge in [-0.15, -0.1) is 0 Å². The van der Waals surface area contributed by atoms with E-state index in [2.05, 4.69) is 15.9 Å². The van der Waals surface area contributed by atoms with Gasteiger partial charge in [-0.25, -0.2) is 4.39 Å². The molecule has 62 valence electrons. The van der Waals surface area contributed by atoms with E-state index in [-0.39, 0.29) is 5.78 Å². The minimum atomic E-state index is -0.658. The zero-order valence-corrected chi connectivity index (χ0v) is 7.47. The lowest BCUT2D eigenvalue weighted by Crippen LogP contribution is -2.10. The molecule has 1 aromatic carbocycles. The van der Waals surface area contributed by atoms with Crippen molar-refractivity contribution in [2.24, 2.45) is 0 Å². The predicted octanol–water partition coefficient (Wildman–Crippen LogP) is 2.12. The lowest BCUT2D eigenvalue weighted by atomic mass is 10.1. The zero-order chi connectivity index (χ0) is 8.72. The number of hydrogen-bond acceptors (Lipinski definition) is 2. The number of carbonyl (C=O) groups excluding carboxylic acids is 1. The fraction of sp³-hybridized carbons (Fsp3) is 0.125. The van der Waals surface area contributed by atoms with Crippen molar-refractivity contribution in [1.82, 2.24) is 0 Å². The summed E-state index contributed by atoms with van der Waals surface area (Å²) in [4.78, 5) is 11.2. The average molecular weight is 231 g/mol. The molecule has 0 aromatic heterocycles. The third kappa shape index (κ3) is 1.03. The first-order valence-corrected chi connectivity index (χ1v) is 4.24. The van der Waals surface area contributed by atoms with E-state index >= 15 is 0 Å². The molecule has 2 nitrogen and oxygen atoms in total. The highest BCUT2D eigenvalue weighted by Gasteiger charge is 2.30. The topological polar surface area (TPSA) is 26.3 Å². The van der Waals surface area contributed by atoms with Gasteiger partial charge >= 0.3 is 0 Å². The molecule has 0 fully saturated rings. The van der Waals surface area contributed by atoms with Gasteiger partial charge in [0.25, 0.3) is 0 Å². The Morgan fingerprint density at radius 2 is 2.25 bits per heavy atom. The van der Waals surface area contributed by atoms with E-state index in [1.54, 1.807) is 0 Å². The Labute approximate surface area is 76.5 Å². The van der Waals surface area contributed by atoms with Crippen LogP contribution in [0.25, 0.3) is 0 Å². The monoisotopic (exact) mass is 230 g/mol. The minimum Gasteiger partial charge on any atom is -0.470 e. The van der Waals surface area contributed by atoms with E-state index in [0.717, 1.165) is 0 Å². The van der Waals surface area contributed by atoms with Crippen molar-refractivity contribution in [2.45, 2.75) is 5.01 Å². The summed E-state index contributed by atoms with van der Waals surface area (Å²) in [6.45, 7) is 0. The molecule has 0 spiro atoms. The summed E-state index contributed by atoms with van der Waals surface area (Å²) in [6, 6.07) is 3.89. The molecule has 12 heavy (non-hydrogen) atoms. The number of halogens is 2. The van der Waals surface area contributed by atoms with E-state index < -0.39 is 10.8 Å². The summed E-state index contributed by atoms with van der Waals surface area (Å²) in [6.07, 6.45) is 0. The summed E-state index contributed by atoms with van der Waals surface area (Å²) in [5, 5.41) is -0.658. The standard InChI is InChI=1S/C8H4BrFO2/c9-8-7(11)5-3-4(10)1-2-6(5)12-8/h1-3,8H/t8-/m1/s1. The van der Waals surface area contributed by atoms with E-state index in [1.165, 1.54) is 18.2 Å². The molecule has 0 amide bonds. The number of benzene rings is 1. The quantitative estimate of drug-likeness (QED) is 0.639. The highest BCUT2D eigenvalue weighted by atomic mass is 79.9. The van der Waals surface area contributed by atoms with Crippen molar-refractivity contribution < 1.29 is 13.9 Å². The van der Waals surface area contributed by atoms with Crippen molar-refractivity contribution in [1.29, 1.82) is 0 Å². The van der Waals surface area contributed by atoms with Crippen molar-refractivity contribution in [3.63, 3.8) is 0 Å². The van der Waals surface area contributed by atoms with Gasteiger partial charge in [-0.2, -0.15) is 0 Å². The Hall–Kier alpha value is -0.900. The van der Waals surface area contributed by atoms with E-state index in [9.17, 15) is 9.18 Å². The fourth-order valence-corrected chi connectivity index (χ4v) is 1.53. The largest absolute Gasteiger partial charge is 0.470 e. The molecule has 0 saturated carbocycles. The predicted molar refractivity (Wildman–Crippen MR) is 44.1 cm³/mol. The molecule has 0 N–H and O–H groups in total. The second kappa shape index (κ2) is 2.55. The SMILES string of the molecule is O=C1c2cc(F)ccc2O[C@H]1Br. The second-order valence-corrected chi connectivity index (χ2v) is 3.27. The molecule has 0 radical (unpaired) electrons. The molecule has 1 heterocycles. The van der Waals surface area contributed by atoms with Gasteiger partial charge in [-0.05, 0) is 34.1 Å². The number of hydrogen-bond donors (Lipinski definition) is 0. The van der Waals surface area contributed by atoms with Crippen LogP contribution in [0.2, 0.25) is 0 Å². The second-order valence-electron chi connectivity index (χ2n) is 2.44. The first kappa shape index (κ1) is 7.73. The Kier molecular flexibility index (Phi) is 1.65. The van der Waals surface area contributed by atoms with Gasteiger partial charge in [0, 0.05) is 0 Å². The summed E-state index contributed by atoms with van der Waals surface area (Å²) >= 11 is 3.01. The van der Waals surface area contributed by atoms with Crippen molar-refractivity contribution in [3.05, 3.63) is 29.6 Å². The number of carbonyl (C=O) groups is 1. The molecule has 1 aromatic rings. The lowest BCUT2D eigenvalue weighted by Gasteiger charge is -1.97. The van der Waals surface area contributed by atoms with Gasteiger partial charge in [-0.3, -0.25) is 4.79 Å². The van der Waals surface area contributed by atoms with Crippen LogP contribution in [-0.2, 0) is 0 Å². The normalized spacial score (nSPS) is 20.5. The van der Waals surface area contributed by atoms with Crippen molar-refractivity contribution in [3.8, 4) is 5.75 Å². The molecular weight excluding hydrogens is 227 g/mol.